The summed E-state index contributed by atoms with van der Waals surface area (Å²) in [5.41, 5.74) is 7.15. The van der Waals surface area contributed by atoms with Crippen molar-refractivity contribution in [2.45, 2.75) is 6.61 Å². The molecule has 6 nitrogen and oxygen atoms in total. The van der Waals surface area contributed by atoms with Gasteiger partial charge in [-0.1, -0.05) is 22.0 Å². The fraction of sp³-hybridized carbons (Fsp3) is 0.0769. The van der Waals surface area contributed by atoms with Gasteiger partial charge in [0.2, 0.25) is 0 Å². The summed E-state index contributed by atoms with van der Waals surface area (Å²) in [5.74, 6) is 5.07. The van der Waals surface area contributed by atoms with Crippen LogP contribution in [0, 0.1) is 0 Å². The maximum atomic E-state index is 12.1. The van der Waals surface area contributed by atoms with Gasteiger partial charge in [0, 0.05) is 22.6 Å². The number of benzene rings is 1. The standard InChI is InChI=1S/C13H13BrN4O2/c14-10-3-4-12(15)11(6-10)13(19)18(16)20-8-9-2-1-5-17-7-9/h1-7H,8,15-16H2. The number of amides is 1. The number of nitrogens with zero attached hydrogens (tertiary/aromatic N) is 2. The molecule has 0 aliphatic carbocycles. The number of carbonyl (C=O) groups is 1. The molecule has 104 valence electrons. The van der Waals surface area contributed by atoms with Crippen molar-refractivity contribution in [1.29, 1.82) is 0 Å². The third-order valence-electron chi connectivity index (χ3n) is 2.54. The van der Waals surface area contributed by atoms with E-state index in [0.717, 1.165) is 10.0 Å². The zero-order valence-corrected chi connectivity index (χ0v) is 12.1. The van der Waals surface area contributed by atoms with Crippen molar-refractivity contribution in [3.05, 3.63) is 58.3 Å². The van der Waals surface area contributed by atoms with Crippen molar-refractivity contribution in [3.63, 3.8) is 0 Å². The highest BCUT2D eigenvalue weighted by molar-refractivity contribution is 9.10. The maximum Gasteiger partial charge on any atom is 0.294 e. The molecule has 0 spiro atoms. The first-order valence-electron chi connectivity index (χ1n) is 5.74. The molecule has 1 aromatic carbocycles. The molecule has 0 aliphatic heterocycles. The predicted octanol–water partition coefficient (Wildman–Crippen LogP) is 1.87. The van der Waals surface area contributed by atoms with Crippen LogP contribution in [-0.4, -0.2) is 16.1 Å². The number of hydrogen-bond donors (Lipinski definition) is 2. The number of rotatable bonds is 4. The minimum absolute atomic E-state index is 0.143. The zero-order chi connectivity index (χ0) is 14.5. The minimum Gasteiger partial charge on any atom is -0.398 e. The number of hydrogen-bond acceptors (Lipinski definition) is 5. The van der Waals surface area contributed by atoms with Gasteiger partial charge in [-0.25, -0.2) is 5.84 Å². The minimum atomic E-state index is -0.521. The van der Waals surface area contributed by atoms with Crippen molar-refractivity contribution in [2.24, 2.45) is 5.84 Å². The number of nitrogens with two attached hydrogens (primary N) is 2. The van der Waals surface area contributed by atoms with Gasteiger partial charge in [0.05, 0.1) is 5.56 Å². The van der Waals surface area contributed by atoms with E-state index < -0.39 is 5.91 Å². The lowest BCUT2D eigenvalue weighted by molar-refractivity contribution is -0.135. The first kappa shape index (κ1) is 14.4. The van der Waals surface area contributed by atoms with Crippen LogP contribution in [-0.2, 0) is 11.4 Å². The van der Waals surface area contributed by atoms with Gasteiger partial charge < -0.3 is 5.73 Å². The van der Waals surface area contributed by atoms with E-state index in [2.05, 4.69) is 20.9 Å². The molecular weight excluding hydrogens is 324 g/mol. The maximum absolute atomic E-state index is 12.1. The summed E-state index contributed by atoms with van der Waals surface area (Å²) < 4.78 is 0.732. The summed E-state index contributed by atoms with van der Waals surface area (Å²) in [4.78, 5) is 21.2. The Hall–Kier alpha value is -1.96. The lowest BCUT2D eigenvalue weighted by Gasteiger charge is -2.17. The third kappa shape index (κ3) is 3.53. The first-order valence-corrected chi connectivity index (χ1v) is 6.53. The van der Waals surface area contributed by atoms with Crippen LogP contribution >= 0.6 is 15.9 Å². The van der Waals surface area contributed by atoms with E-state index in [4.69, 9.17) is 16.4 Å². The number of hydroxylamine groups is 1. The Balaban J connectivity index is 2.03. The van der Waals surface area contributed by atoms with Crippen LogP contribution < -0.4 is 11.6 Å². The molecule has 2 rings (SSSR count). The average molecular weight is 337 g/mol. The Morgan fingerprint density at radius 2 is 2.20 bits per heavy atom. The van der Waals surface area contributed by atoms with Crippen LogP contribution in [0.25, 0.3) is 0 Å². The normalized spacial score (nSPS) is 10.3. The molecule has 1 heterocycles. The molecule has 0 saturated heterocycles. The van der Waals surface area contributed by atoms with E-state index in [0.29, 0.717) is 10.9 Å². The number of anilines is 1. The molecule has 0 unspecified atom stereocenters. The second-order valence-electron chi connectivity index (χ2n) is 4.00. The van der Waals surface area contributed by atoms with Crippen molar-refractivity contribution >= 4 is 27.5 Å². The largest absolute Gasteiger partial charge is 0.398 e. The van der Waals surface area contributed by atoms with Gasteiger partial charge in [0.15, 0.2) is 0 Å². The number of hydrazine groups is 1. The van der Waals surface area contributed by atoms with Crippen molar-refractivity contribution in [2.75, 3.05) is 5.73 Å². The van der Waals surface area contributed by atoms with E-state index in [1.807, 2.05) is 6.07 Å². The Bertz CT molecular complexity index is 607. The molecule has 7 heteroatoms. The summed E-state index contributed by atoms with van der Waals surface area (Å²) in [6, 6.07) is 8.53. The van der Waals surface area contributed by atoms with Crippen LogP contribution in [0.5, 0.6) is 0 Å². The number of aromatic nitrogens is 1. The van der Waals surface area contributed by atoms with E-state index >= 15 is 0 Å². The highest BCUT2D eigenvalue weighted by Gasteiger charge is 2.16. The summed E-state index contributed by atoms with van der Waals surface area (Å²) in [5, 5.41) is 0.672. The fourth-order valence-electron chi connectivity index (χ4n) is 1.52. The van der Waals surface area contributed by atoms with E-state index in [1.165, 1.54) is 0 Å². The molecule has 0 radical (unpaired) electrons. The fourth-order valence-corrected chi connectivity index (χ4v) is 1.88. The summed E-state index contributed by atoms with van der Waals surface area (Å²) >= 11 is 3.27. The Labute approximate surface area is 124 Å². The van der Waals surface area contributed by atoms with Crippen molar-refractivity contribution < 1.29 is 9.63 Å². The Morgan fingerprint density at radius 1 is 1.40 bits per heavy atom. The van der Waals surface area contributed by atoms with Gasteiger partial charge in [0.1, 0.15) is 6.61 Å². The van der Waals surface area contributed by atoms with Crippen LogP contribution in [0.15, 0.2) is 47.2 Å². The van der Waals surface area contributed by atoms with E-state index in [1.54, 1.807) is 36.7 Å². The van der Waals surface area contributed by atoms with Gasteiger partial charge >= 0.3 is 0 Å². The van der Waals surface area contributed by atoms with Crippen LogP contribution in [0.4, 0.5) is 5.69 Å². The summed E-state index contributed by atoms with van der Waals surface area (Å²) in [7, 11) is 0. The molecule has 4 N–H and O–H groups in total. The molecule has 1 amide bonds. The second-order valence-corrected chi connectivity index (χ2v) is 4.91. The molecule has 0 saturated carbocycles. The van der Waals surface area contributed by atoms with Gasteiger partial charge in [-0.15, -0.1) is 5.17 Å². The number of pyridine rings is 1. The highest BCUT2D eigenvalue weighted by atomic mass is 79.9. The van der Waals surface area contributed by atoms with E-state index in [-0.39, 0.29) is 12.2 Å². The Kier molecular flexibility index (Phi) is 4.67. The number of nitrogen functional groups attached to an aromatic ring is 1. The smallest absolute Gasteiger partial charge is 0.294 e. The Morgan fingerprint density at radius 3 is 2.90 bits per heavy atom. The monoisotopic (exact) mass is 336 g/mol. The zero-order valence-electron chi connectivity index (χ0n) is 10.5. The van der Waals surface area contributed by atoms with Gasteiger partial charge in [-0.2, -0.15) is 0 Å². The van der Waals surface area contributed by atoms with E-state index in [9.17, 15) is 4.79 Å². The van der Waals surface area contributed by atoms with Crippen LogP contribution in [0.3, 0.4) is 0 Å². The molecule has 0 atom stereocenters. The van der Waals surface area contributed by atoms with Crippen molar-refractivity contribution in [1.82, 2.24) is 10.2 Å². The molecule has 2 aromatic rings. The second kappa shape index (κ2) is 6.47. The summed E-state index contributed by atoms with van der Waals surface area (Å²) in [6.45, 7) is 0.143. The van der Waals surface area contributed by atoms with Gasteiger partial charge in [-0.3, -0.25) is 14.6 Å². The molecular formula is C13H13BrN4O2. The van der Waals surface area contributed by atoms with Crippen molar-refractivity contribution in [3.8, 4) is 0 Å². The van der Waals surface area contributed by atoms with Gasteiger partial charge in [0.25, 0.3) is 5.91 Å². The lowest BCUT2D eigenvalue weighted by atomic mass is 10.2. The molecule has 0 aliphatic rings. The highest BCUT2D eigenvalue weighted by Crippen LogP contribution is 2.19. The first-order chi connectivity index (χ1) is 9.58. The summed E-state index contributed by atoms with van der Waals surface area (Å²) in [6.07, 6.45) is 3.28. The lowest BCUT2D eigenvalue weighted by Crippen LogP contribution is -2.37. The predicted molar refractivity (Wildman–Crippen MR) is 77.9 cm³/mol. The van der Waals surface area contributed by atoms with Crippen LogP contribution in [0.2, 0.25) is 0 Å². The molecule has 0 fully saturated rings. The average Bonchev–Trinajstić information content (AvgIpc) is 2.47. The molecule has 1 aromatic heterocycles. The topological polar surface area (TPSA) is 94.5 Å². The number of halogens is 1. The van der Waals surface area contributed by atoms with Gasteiger partial charge in [-0.05, 0) is 29.8 Å². The van der Waals surface area contributed by atoms with Crippen LogP contribution in [0.1, 0.15) is 15.9 Å². The number of carbonyl (C=O) groups excluding carboxylic acids is 1. The molecule has 0 bridgehead atoms. The quantitative estimate of drug-likeness (QED) is 0.384. The third-order valence-corrected chi connectivity index (χ3v) is 3.03. The SMILES string of the molecule is Nc1ccc(Br)cc1C(=O)N(N)OCc1cccnc1. The molecule has 20 heavy (non-hydrogen) atoms.